The van der Waals surface area contributed by atoms with Gasteiger partial charge in [-0.3, -0.25) is 9.59 Å². The molecule has 6 heteroatoms. The van der Waals surface area contributed by atoms with Gasteiger partial charge in [0.15, 0.2) is 0 Å². The minimum absolute atomic E-state index is 0.0256. The van der Waals surface area contributed by atoms with Crippen LogP contribution in [0.1, 0.15) is 32.3 Å². The van der Waals surface area contributed by atoms with Gasteiger partial charge in [-0.15, -0.1) is 0 Å². The van der Waals surface area contributed by atoms with Crippen LogP contribution in [0.15, 0.2) is 24.3 Å². The van der Waals surface area contributed by atoms with E-state index in [0.717, 1.165) is 24.2 Å². The number of carbonyl (C=O) groups is 2. The maximum Gasteiger partial charge on any atom is 0.227 e. The number of nitrogens with zero attached hydrogens (tertiary/aromatic N) is 2. The van der Waals surface area contributed by atoms with Crippen molar-refractivity contribution in [3.63, 3.8) is 0 Å². The van der Waals surface area contributed by atoms with Gasteiger partial charge in [-0.1, -0.05) is 25.1 Å². The lowest BCUT2D eigenvalue weighted by molar-refractivity contribution is -0.137. The molecule has 26 heavy (non-hydrogen) atoms. The Morgan fingerprint density at radius 3 is 2.69 bits per heavy atom. The summed E-state index contributed by atoms with van der Waals surface area (Å²) in [6.45, 7) is 5.56. The van der Waals surface area contributed by atoms with Crippen LogP contribution in [-0.4, -0.2) is 60.9 Å². The van der Waals surface area contributed by atoms with Gasteiger partial charge in [-0.05, 0) is 30.9 Å². The molecule has 0 radical (unpaired) electrons. The first-order valence-electron chi connectivity index (χ1n) is 9.39. The van der Waals surface area contributed by atoms with Crippen LogP contribution in [0.3, 0.4) is 0 Å². The maximum absolute atomic E-state index is 12.8. The molecule has 0 aromatic heterocycles. The van der Waals surface area contributed by atoms with Gasteiger partial charge in [0.05, 0.1) is 12.5 Å². The van der Waals surface area contributed by atoms with Crippen molar-refractivity contribution < 1.29 is 14.3 Å². The normalized spacial score (nSPS) is 20.4. The average Bonchev–Trinajstić information content (AvgIpc) is 2.83. The molecule has 144 valence electrons. The number of nitrogens with two attached hydrogens (primary N) is 1. The van der Waals surface area contributed by atoms with Crippen molar-refractivity contribution in [2.45, 2.75) is 39.2 Å². The smallest absolute Gasteiger partial charge is 0.227 e. The van der Waals surface area contributed by atoms with Crippen LogP contribution in [0.5, 0.6) is 5.75 Å². The van der Waals surface area contributed by atoms with E-state index in [2.05, 4.69) is 13.0 Å². The predicted molar refractivity (Wildman–Crippen MR) is 102 cm³/mol. The number of hydrogen-bond donors (Lipinski definition) is 1. The SMILES string of the molecule is CCc1ccccc1OCCN(C)C(=O)[C@@H]1CC[C@H](N)CN(C(C)=O)C1. The van der Waals surface area contributed by atoms with Crippen LogP contribution in [0.2, 0.25) is 0 Å². The highest BCUT2D eigenvalue weighted by atomic mass is 16.5. The Morgan fingerprint density at radius 1 is 1.27 bits per heavy atom. The molecule has 1 fully saturated rings. The van der Waals surface area contributed by atoms with Gasteiger partial charge in [0.25, 0.3) is 0 Å². The third-order valence-corrected chi connectivity index (χ3v) is 4.99. The van der Waals surface area contributed by atoms with Crippen molar-refractivity contribution in [3.05, 3.63) is 29.8 Å². The van der Waals surface area contributed by atoms with Gasteiger partial charge in [-0.25, -0.2) is 0 Å². The fraction of sp³-hybridized carbons (Fsp3) is 0.600. The van der Waals surface area contributed by atoms with Crippen molar-refractivity contribution in [1.29, 1.82) is 0 Å². The molecule has 1 aromatic carbocycles. The number of ether oxygens (including phenoxy) is 1. The second-order valence-corrected chi connectivity index (χ2v) is 7.03. The molecule has 1 saturated heterocycles. The number of likely N-dealkylation sites (N-methyl/N-ethyl adjacent to an activating group) is 1. The summed E-state index contributed by atoms with van der Waals surface area (Å²) in [6, 6.07) is 7.90. The lowest BCUT2D eigenvalue weighted by Gasteiger charge is -2.27. The number of amides is 2. The highest BCUT2D eigenvalue weighted by Crippen LogP contribution is 2.20. The van der Waals surface area contributed by atoms with Crippen molar-refractivity contribution in [2.75, 3.05) is 33.3 Å². The Balaban J connectivity index is 1.88. The molecule has 1 heterocycles. The molecule has 0 unspecified atom stereocenters. The second-order valence-electron chi connectivity index (χ2n) is 7.03. The zero-order valence-corrected chi connectivity index (χ0v) is 16.1. The average molecular weight is 361 g/mol. The molecule has 1 aliphatic rings. The van der Waals surface area contributed by atoms with Gasteiger partial charge in [0, 0.05) is 33.1 Å². The molecule has 6 nitrogen and oxygen atoms in total. The number of rotatable bonds is 6. The molecule has 2 amide bonds. The van der Waals surface area contributed by atoms with Crippen molar-refractivity contribution >= 4 is 11.8 Å². The monoisotopic (exact) mass is 361 g/mol. The number of benzene rings is 1. The molecule has 2 rings (SSSR count). The van der Waals surface area contributed by atoms with E-state index < -0.39 is 0 Å². The van der Waals surface area contributed by atoms with Gasteiger partial charge in [-0.2, -0.15) is 0 Å². The van der Waals surface area contributed by atoms with Gasteiger partial charge >= 0.3 is 0 Å². The quantitative estimate of drug-likeness (QED) is 0.836. The minimum Gasteiger partial charge on any atom is -0.491 e. The number of carbonyl (C=O) groups excluding carboxylic acids is 2. The van der Waals surface area contributed by atoms with Crippen LogP contribution in [0.4, 0.5) is 0 Å². The van der Waals surface area contributed by atoms with Crippen LogP contribution in [0.25, 0.3) is 0 Å². The summed E-state index contributed by atoms with van der Waals surface area (Å²) in [6.07, 6.45) is 2.39. The van der Waals surface area contributed by atoms with Crippen LogP contribution in [-0.2, 0) is 16.0 Å². The Labute approximate surface area is 156 Å². The first-order chi connectivity index (χ1) is 12.4. The van der Waals surface area contributed by atoms with Crippen LogP contribution < -0.4 is 10.5 Å². The standard InChI is InChI=1S/C20H31N3O3/c1-4-16-7-5-6-8-19(16)26-12-11-22(3)20(25)17-9-10-18(21)14-23(13-17)15(2)24/h5-8,17-18H,4,9-14,21H2,1-3H3/t17-,18+/m1/s1. The van der Waals surface area contributed by atoms with Crippen LogP contribution >= 0.6 is 0 Å². The fourth-order valence-electron chi connectivity index (χ4n) is 3.33. The largest absolute Gasteiger partial charge is 0.491 e. The molecule has 0 bridgehead atoms. The highest BCUT2D eigenvalue weighted by molar-refractivity contribution is 5.80. The Bertz CT molecular complexity index is 620. The molecule has 0 spiro atoms. The summed E-state index contributed by atoms with van der Waals surface area (Å²) in [5.74, 6) is 0.708. The first kappa shape index (κ1) is 20.2. The summed E-state index contributed by atoms with van der Waals surface area (Å²) < 4.78 is 5.86. The number of aryl methyl sites for hydroxylation is 1. The van der Waals surface area contributed by atoms with E-state index in [-0.39, 0.29) is 23.8 Å². The molecule has 2 atom stereocenters. The molecular weight excluding hydrogens is 330 g/mol. The van der Waals surface area contributed by atoms with Crippen LogP contribution in [0, 0.1) is 5.92 Å². The summed E-state index contributed by atoms with van der Waals surface area (Å²) in [5, 5.41) is 0. The number of para-hydroxylation sites is 1. The summed E-state index contributed by atoms with van der Waals surface area (Å²) >= 11 is 0. The van der Waals surface area contributed by atoms with Crippen molar-refractivity contribution in [2.24, 2.45) is 11.7 Å². The number of likely N-dealkylation sites (tertiary alicyclic amines) is 1. The third kappa shape index (κ3) is 5.46. The summed E-state index contributed by atoms with van der Waals surface area (Å²) in [5.41, 5.74) is 7.20. The molecule has 2 N–H and O–H groups in total. The fourth-order valence-corrected chi connectivity index (χ4v) is 3.33. The van der Waals surface area contributed by atoms with E-state index in [4.69, 9.17) is 10.5 Å². The van der Waals surface area contributed by atoms with E-state index in [9.17, 15) is 9.59 Å². The Kier molecular flexibility index (Phi) is 7.45. The second kappa shape index (κ2) is 9.57. The molecule has 1 aliphatic heterocycles. The van der Waals surface area contributed by atoms with Gasteiger partial charge in [0.1, 0.15) is 12.4 Å². The summed E-state index contributed by atoms with van der Waals surface area (Å²) in [4.78, 5) is 27.9. The highest BCUT2D eigenvalue weighted by Gasteiger charge is 2.29. The van der Waals surface area contributed by atoms with E-state index in [1.165, 1.54) is 6.92 Å². The van der Waals surface area contributed by atoms with Gasteiger partial charge < -0.3 is 20.3 Å². The van der Waals surface area contributed by atoms with E-state index in [0.29, 0.717) is 32.7 Å². The van der Waals surface area contributed by atoms with Crippen molar-refractivity contribution in [3.8, 4) is 5.75 Å². The summed E-state index contributed by atoms with van der Waals surface area (Å²) in [7, 11) is 1.79. The van der Waals surface area contributed by atoms with E-state index >= 15 is 0 Å². The maximum atomic E-state index is 12.8. The Morgan fingerprint density at radius 2 is 2.00 bits per heavy atom. The minimum atomic E-state index is -0.194. The topological polar surface area (TPSA) is 75.9 Å². The number of hydrogen-bond acceptors (Lipinski definition) is 4. The first-order valence-corrected chi connectivity index (χ1v) is 9.39. The molecule has 0 aliphatic carbocycles. The van der Waals surface area contributed by atoms with E-state index in [1.54, 1.807) is 16.8 Å². The lowest BCUT2D eigenvalue weighted by Crippen LogP contribution is -2.43. The van der Waals surface area contributed by atoms with Crippen molar-refractivity contribution in [1.82, 2.24) is 9.80 Å². The Hall–Kier alpha value is -2.08. The third-order valence-electron chi connectivity index (χ3n) is 4.99. The zero-order valence-electron chi connectivity index (χ0n) is 16.1. The van der Waals surface area contributed by atoms with E-state index in [1.807, 2.05) is 18.2 Å². The molecule has 0 saturated carbocycles. The zero-order chi connectivity index (χ0) is 19.1. The molecule has 1 aromatic rings. The lowest BCUT2D eigenvalue weighted by atomic mass is 10.0. The van der Waals surface area contributed by atoms with Gasteiger partial charge in [0.2, 0.25) is 11.8 Å². The predicted octanol–water partition coefficient (Wildman–Crippen LogP) is 1.67. The molecular formula is C20H31N3O3.